The maximum Gasteiger partial charge on any atom is 0.434 e. The molecule has 0 spiro atoms. The van der Waals surface area contributed by atoms with Crippen LogP contribution in [0.2, 0.25) is 20.1 Å². The third-order valence-electron chi connectivity index (χ3n) is 13.2. The van der Waals surface area contributed by atoms with E-state index in [1.54, 1.807) is 46.2 Å². The van der Waals surface area contributed by atoms with E-state index in [2.05, 4.69) is 10.2 Å². The number of carbonyl (C=O) groups is 1. The second kappa shape index (κ2) is 22.0. The highest BCUT2D eigenvalue weighted by atomic mass is 35.5. The molecule has 0 bridgehead atoms. The highest BCUT2D eigenvalue weighted by Gasteiger charge is 2.46. The largest absolute Gasteiger partial charge is 0.495 e. The van der Waals surface area contributed by atoms with Crippen LogP contribution in [-0.4, -0.2) is 114 Å². The molecule has 2 aromatic heterocycles. The van der Waals surface area contributed by atoms with Crippen LogP contribution in [0, 0.1) is 0 Å². The number of benzene rings is 4. The average Bonchev–Trinajstić information content (AvgIpc) is 3.90. The van der Waals surface area contributed by atoms with Gasteiger partial charge in [0.2, 0.25) is 0 Å². The van der Waals surface area contributed by atoms with E-state index in [-0.39, 0.29) is 63.5 Å². The topological polar surface area (TPSA) is 84.1 Å². The van der Waals surface area contributed by atoms with Crippen LogP contribution in [-0.2, 0) is 42.6 Å². The molecule has 2 unspecified atom stereocenters. The molecule has 2 aliphatic rings. The fourth-order valence-electron chi connectivity index (χ4n) is 9.28. The summed E-state index contributed by atoms with van der Waals surface area (Å²) < 4.78 is 184. The Balaban J connectivity index is 1.23. The summed E-state index contributed by atoms with van der Waals surface area (Å²) in [6.45, 7) is -1.36. The highest BCUT2D eigenvalue weighted by Crippen LogP contribution is 2.44. The SMILES string of the molecule is COc1cc(N2CCN(C(Cn3nc(-c4ccc(C(F)(F)F)cc4)c(Cl)c3C(F)(F)F)C(=O)C(Cn3nc(-c4ccc(C(F)(F)F)cc4)c(Cl)c3C(F)(F)F)N3CCN(c4ccc(Cl)c(OC)c4)CC3)CC2)ccc1Cl. The summed E-state index contributed by atoms with van der Waals surface area (Å²) in [4.78, 5) is 22.7. The number of hydrogen-bond acceptors (Lipinski definition) is 9. The molecule has 6 aromatic rings. The van der Waals surface area contributed by atoms with Crippen molar-refractivity contribution in [3.63, 3.8) is 0 Å². The van der Waals surface area contributed by atoms with Gasteiger partial charge in [0.05, 0.1) is 70.6 Å². The number of Topliss-reactive ketones (excluding diaryl/α,β-unsaturated/α-hetero) is 1. The van der Waals surface area contributed by atoms with Crippen molar-refractivity contribution < 1.29 is 67.0 Å². The fraction of sp³-hybridized carbons (Fsp3) is 0.367. The van der Waals surface area contributed by atoms with Gasteiger partial charge in [0.15, 0.2) is 17.2 Å². The molecule has 4 aromatic carbocycles. The molecule has 0 amide bonds. The second-order valence-electron chi connectivity index (χ2n) is 17.7. The second-order valence-corrected chi connectivity index (χ2v) is 19.2. The van der Waals surface area contributed by atoms with Crippen LogP contribution < -0.4 is 19.3 Å². The maximum atomic E-state index is 15.8. The number of carbonyl (C=O) groups excluding carboxylic acids is 1. The summed E-state index contributed by atoms with van der Waals surface area (Å²) >= 11 is 25.4. The van der Waals surface area contributed by atoms with Gasteiger partial charge >= 0.3 is 24.7 Å². The van der Waals surface area contributed by atoms with E-state index in [4.69, 9.17) is 55.9 Å². The molecule has 2 saturated heterocycles. The molecule has 2 atom stereocenters. The number of nitrogens with zero attached hydrogens (tertiary/aromatic N) is 8. The number of piperazine rings is 2. The standard InChI is InChI=1S/C49H42Cl4F12N8O3/c1-75-37-23-31(11-13-33(37)50)68-15-19-70(20-16-68)35(25-72-44(48(60,61)62)39(52)41(66-72)27-3-7-29(8-4-27)46(54,55)56)43(74)36(71-21-17-69(18-22-71)32-12-14-34(51)38(24-32)76-2)26-73-45(49(63,64)65)40(53)42(67-73)28-5-9-30(10-6-28)47(57,58)59/h3-14,23-24,35-36H,15-22,25-26H2,1-2H3. The lowest BCUT2D eigenvalue weighted by molar-refractivity contribution is -0.146. The number of rotatable bonds is 14. The first-order valence-corrected chi connectivity index (χ1v) is 24.4. The molecule has 27 heteroatoms. The number of ether oxygens (including phenoxy) is 2. The monoisotopic (exact) mass is 1160 g/mol. The third kappa shape index (κ3) is 12.1. The van der Waals surface area contributed by atoms with Gasteiger partial charge in [0, 0.05) is 87.0 Å². The summed E-state index contributed by atoms with van der Waals surface area (Å²) in [6, 6.07) is 12.7. The molecule has 76 heavy (non-hydrogen) atoms. The van der Waals surface area contributed by atoms with E-state index in [9.17, 15) is 26.3 Å². The van der Waals surface area contributed by atoms with Gasteiger partial charge in [-0.05, 0) is 48.5 Å². The number of alkyl halides is 12. The van der Waals surface area contributed by atoms with Crippen molar-refractivity contribution in [1.82, 2.24) is 29.4 Å². The average molecular weight is 1160 g/mol. The number of aromatic nitrogens is 4. The van der Waals surface area contributed by atoms with Crippen LogP contribution in [0.15, 0.2) is 84.9 Å². The van der Waals surface area contributed by atoms with Crippen LogP contribution in [0.4, 0.5) is 64.1 Å². The van der Waals surface area contributed by atoms with E-state index < -0.39 is 99.6 Å². The quantitative estimate of drug-likeness (QED) is 0.0990. The normalized spacial score (nSPS) is 16.3. The summed E-state index contributed by atoms with van der Waals surface area (Å²) in [7, 11) is 2.82. The molecule has 8 rings (SSSR count). The Morgan fingerprint density at radius 3 is 1.12 bits per heavy atom. The van der Waals surface area contributed by atoms with Crippen LogP contribution in [0.25, 0.3) is 22.5 Å². The Kier molecular flexibility index (Phi) is 16.4. The summed E-state index contributed by atoms with van der Waals surface area (Å²) in [5.74, 6) is -0.217. The first kappa shape index (κ1) is 56.6. The Morgan fingerprint density at radius 2 is 0.829 bits per heavy atom. The Hall–Kier alpha value is -5.59. The highest BCUT2D eigenvalue weighted by molar-refractivity contribution is 6.34. The lowest BCUT2D eigenvalue weighted by Gasteiger charge is -2.44. The van der Waals surface area contributed by atoms with Gasteiger partial charge in [0.1, 0.15) is 22.9 Å². The van der Waals surface area contributed by atoms with E-state index >= 15 is 31.1 Å². The van der Waals surface area contributed by atoms with Gasteiger partial charge in [-0.15, -0.1) is 0 Å². The molecular formula is C49H42Cl4F12N8O3. The summed E-state index contributed by atoms with van der Waals surface area (Å²) in [6.07, 6.45) is -20.2. The lowest BCUT2D eigenvalue weighted by atomic mass is 9.99. The fourth-order valence-corrected chi connectivity index (χ4v) is 10.4. The third-order valence-corrected chi connectivity index (χ3v) is 14.5. The predicted octanol–water partition coefficient (Wildman–Crippen LogP) is 12.8. The van der Waals surface area contributed by atoms with Crippen molar-refractivity contribution in [2.75, 3.05) is 76.4 Å². The van der Waals surface area contributed by atoms with Gasteiger partial charge in [-0.25, -0.2) is 0 Å². The smallest absolute Gasteiger partial charge is 0.434 e. The first-order chi connectivity index (χ1) is 35.7. The zero-order valence-corrected chi connectivity index (χ0v) is 42.7. The molecule has 2 fully saturated rings. The van der Waals surface area contributed by atoms with E-state index in [1.807, 2.05) is 9.80 Å². The molecule has 11 nitrogen and oxygen atoms in total. The number of anilines is 2. The van der Waals surface area contributed by atoms with E-state index in [1.165, 1.54) is 14.2 Å². The number of halogens is 16. The molecule has 408 valence electrons. The van der Waals surface area contributed by atoms with Gasteiger partial charge in [-0.2, -0.15) is 62.9 Å². The van der Waals surface area contributed by atoms with Crippen molar-refractivity contribution in [2.24, 2.45) is 0 Å². The molecule has 4 heterocycles. The summed E-state index contributed by atoms with van der Waals surface area (Å²) in [5, 5.41) is 6.93. The van der Waals surface area contributed by atoms with E-state index in [0.717, 1.165) is 24.3 Å². The Labute approximate surface area is 445 Å². The molecule has 0 aliphatic carbocycles. The summed E-state index contributed by atoms with van der Waals surface area (Å²) in [5.41, 5.74) is -5.67. The van der Waals surface area contributed by atoms with Gasteiger partial charge in [-0.1, -0.05) is 70.7 Å². The molecule has 0 N–H and O–H groups in total. The van der Waals surface area contributed by atoms with E-state index in [0.29, 0.717) is 66.5 Å². The van der Waals surface area contributed by atoms with Gasteiger partial charge in [-0.3, -0.25) is 24.0 Å². The van der Waals surface area contributed by atoms with Crippen molar-refractivity contribution in [2.45, 2.75) is 49.9 Å². The van der Waals surface area contributed by atoms with Crippen molar-refractivity contribution in [1.29, 1.82) is 0 Å². The minimum Gasteiger partial charge on any atom is -0.495 e. The van der Waals surface area contributed by atoms with Crippen LogP contribution >= 0.6 is 46.4 Å². The zero-order chi connectivity index (χ0) is 55.2. The van der Waals surface area contributed by atoms with Crippen LogP contribution in [0.3, 0.4) is 0 Å². The maximum absolute atomic E-state index is 15.8. The van der Waals surface area contributed by atoms with Gasteiger partial charge in [0.25, 0.3) is 0 Å². The zero-order valence-electron chi connectivity index (χ0n) is 39.7. The Bertz CT molecular complexity index is 2840. The van der Waals surface area contributed by atoms with Crippen molar-refractivity contribution in [3.8, 4) is 34.0 Å². The molecule has 0 saturated carbocycles. The molecule has 2 aliphatic heterocycles. The van der Waals surface area contributed by atoms with Gasteiger partial charge < -0.3 is 19.3 Å². The van der Waals surface area contributed by atoms with Crippen LogP contribution in [0.5, 0.6) is 11.5 Å². The Morgan fingerprint density at radius 1 is 0.500 bits per heavy atom. The lowest BCUT2D eigenvalue weighted by Crippen LogP contribution is -2.61. The number of hydrogen-bond donors (Lipinski definition) is 0. The molecule has 0 radical (unpaired) electrons. The number of methoxy groups -OCH3 is 2. The van der Waals surface area contributed by atoms with Crippen LogP contribution in [0.1, 0.15) is 22.5 Å². The minimum atomic E-state index is -5.28. The number of ketones is 1. The predicted molar refractivity (Wildman–Crippen MR) is 262 cm³/mol. The minimum absolute atomic E-state index is 0.0260. The molecular weight excluding hydrogens is 1120 g/mol. The van der Waals surface area contributed by atoms with Crippen molar-refractivity contribution in [3.05, 3.63) is 128 Å². The van der Waals surface area contributed by atoms with Crippen molar-refractivity contribution >= 4 is 63.6 Å². The first-order valence-electron chi connectivity index (χ1n) is 22.9.